The maximum absolute atomic E-state index is 14.4. The number of aromatic nitrogens is 2. The molecule has 0 saturated carbocycles. The predicted molar refractivity (Wildman–Crippen MR) is 173 cm³/mol. The van der Waals surface area contributed by atoms with Crippen LogP contribution in [0.5, 0.6) is 0 Å². The van der Waals surface area contributed by atoms with Crippen molar-refractivity contribution in [2.75, 3.05) is 10.8 Å². The van der Waals surface area contributed by atoms with Gasteiger partial charge in [0.15, 0.2) is 0 Å². The zero-order valence-electron chi connectivity index (χ0n) is 24.0. The number of amides is 1. The van der Waals surface area contributed by atoms with Crippen molar-refractivity contribution >= 4 is 57.2 Å². The number of carbonyl (C=O) groups is 1. The quantitative estimate of drug-likeness (QED) is 0.174. The van der Waals surface area contributed by atoms with E-state index in [0.29, 0.717) is 51.0 Å². The first-order chi connectivity index (χ1) is 22.3. The molecule has 1 saturated heterocycles. The Morgan fingerprint density at radius 1 is 0.894 bits per heavy atom. The molecule has 7 nitrogen and oxygen atoms in total. The van der Waals surface area contributed by atoms with Crippen LogP contribution in [0.2, 0.25) is 10.0 Å². The second kappa shape index (κ2) is 12.5. The highest BCUT2D eigenvalue weighted by Crippen LogP contribution is 2.34. The van der Waals surface area contributed by atoms with Crippen LogP contribution in [0, 0.1) is 5.82 Å². The van der Waals surface area contributed by atoms with E-state index in [9.17, 15) is 30.8 Å². The lowest BCUT2D eigenvalue weighted by atomic mass is 10.0. The molecule has 0 bridgehead atoms. The minimum absolute atomic E-state index is 0.161. The maximum Gasteiger partial charge on any atom is 0.416 e. The molecule has 1 amide bonds. The third-order valence-electron chi connectivity index (χ3n) is 7.35. The summed E-state index contributed by atoms with van der Waals surface area (Å²) in [5, 5.41) is 0.859. The van der Waals surface area contributed by atoms with Gasteiger partial charge in [0.1, 0.15) is 18.2 Å². The monoisotopic (exact) mass is 700 g/mol. The third-order valence-corrected chi connectivity index (χ3v) is 9.31. The second-order valence-corrected chi connectivity index (χ2v) is 13.0. The third kappa shape index (κ3) is 7.04. The van der Waals surface area contributed by atoms with Crippen LogP contribution in [0.15, 0.2) is 91.1 Å². The summed E-state index contributed by atoms with van der Waals surface area (Å²) >= 11 is 12.5. The highest BCUT2D eigenvalue weighted by Gasteiger charge is 2.34. The summed E-state index contributed by atoms with van der Waals surface area (Å²) in [4.78, 5) is 16.4. The van der Waals surface area contributed by atoms with Gasteiger partial charge in [-0.3, -0.25) is 4.79 Å². The smallest absolute Gasteiger partial charge is 0.326 e. The molecule has 0 aliphatic carbocycles. The van der Waals surface area contributed by atoms with Crippen molar-refractivity contribution in [3.05, 3.63) is 130 Å². The molecule has 47 heavy (non-hydrogen) atoms. The first-order valence-corrected chi connectivity index (χ1v) is 16.1. The summed E-state index contributed by atoms with van der Waals surface area (Å²) in [6.07, 6.45) is 0.700. The van der Waals surface area contributed by atoms with Crippen LogP contribution in [0.4, 0.5) is 23.2 Å². The lowest BCUT2D eigenvalue weighted by molar-refractivity contribution is -0.137. The van der Waals surface area contributed by atoms with Crippen LogP contribution in [0.3, 0.4) is 0 Å². The summed E-state index contributed by atoms with van der Waals surface area (Å²) < 4.78 is 83.2. The standard InChI is InChI=1S/C33H22Cl2F4N4O3S/c34-24-9-12-26(28(35)16-24)30-18-42(17-21-3-10-25(11-4-21)43-19-32(44)41-47(43,45)46)31(40-30)14-5-20-1-6-22(7-2-20)27-15-23(33(37,38)39)8-13-29(27)36/h1-16,18H,17,19H2,(H,41,44). The summed E-state index contributed by atoms with van der Waals surface area (Å²) in [7, 11) is -3.94. The van der Waals surface area contributed by atoms with Crippen LogP contribution < -0.4 is 9.03 Å². The highest BCUT2D eigenvalue weighted by atomic mass is 35.5. The molecule has 0 atom stereocenters. The average Bonchev–Trinajstić information content (AvgIpc) is 3.54. The zero-order chi connectivity index (χ0) is 33.5. The van der Waals surface area contributed by atoms with Gasteiger partial charge in [-0.1, -0.05) is 65.7 Å². The van der Waals surface area contributed by atoms with Gasteiger partial charge in [-0.25, -0.2) is 18.4 Å². The molecule has 0 radical (unpaired) electrons. The number of anilines is 1. The summed E-state index contributed by atoms with van der Waals surface area (Å²) in [5.74, 6) is -0.855. The number of nitrogens with one attached hydrogen (secondary N) is 1. The number of hydrogen-bond donors (Lipinski definition) is 1. The largest absolute Gasteiger partial charge is 0.416 e. The van der Waals surface area contributed by atoms with Crippen LogP contribution in [-0.4, -0.2) is 30.4 Å². The Kier molecular flexibility index (Phi) is 8.60. The van der Waals surface area contributed by atoms with E-state index in [1.807, 2.05) is 9.29 Å². The molecule has 0 spiro atoms. The first-order valence-electron chi connectivity index (χ1n) is 13.9. The lowest BCUT2D eigenvalue weighted by Gasteiger charge is -2.15. The molecule has 5 aromatic rings. The normalized spacial score (nSPS) is 14.6. The molecule has 1 N–H and O–H groups in total. The number of rotatable bonds is 7. The van der Waals surface area contributed by atoms with E-state index in [1.54, 1.807) is 72.9 Å². The van der Waals surface area contributed by atoms with Gasteiger partial charge in [0.05, 0.1) is 22.0 Å². The van der Waals surface area contributed by atoms with Crippen molar-refractivity contribution in [3.63, 3.8) is 0 Å². The molecular formula is C33H22Cl2F4N4O3S. The van der Waals surface area contributed by atoms with Gasteiger partial charge in [0.2, 0.25) is 0 Å². The van der Waals surface area contributed by atoms with E-state index in [-0.39, 0.29) is 17.7 Å². The highest BCUT2D eigenvalue weighted by molar-refractivity contribution is 7.92. The zero-order valence-corrected chi connectivity index (χ0v) is 26.3. The van der Waals surface area contributed by atoms with Crippen LogP contribution in [0.25, 0.3) is 34.5 Å². The minimum atomic E-state index is -4.60. The number of benzene rings is 4. The van der Waals surface area contributed by atoms with Crippen molar-refractivity contribution in [2.24, 2.45) is 0 Å². The predicted octanol–water partition coefficient (Wildman–Crippen LogP) is 8.08. The number of alkyl halides is 3. The van der Waals surface area contributed by atoms with Crippen LogP contribution in [0.1, 0.15) is 22.5 Å². The molecule has 240 valence electrons. The van der Waals surface area contributed by atoms with Gasteiger partial charge < -0.3 is 4.57 Å². The summed E-state index contributed by atoms with van der Waals surface area (Å²) in [6, 6.07) is 20.4. The Labute approximate surface area is 276 Å². The molecule has 14 heteroatoms. The Morgan fingerprint density at radius 3 is 2.26 bits per heavy atom. The molecular weight excluding hydrogens is 679 g/mol. The fourth-order valence-corrected chi connectivity index (χ4v) is 6.68. The number of carbonyl (C=O) groups excluding carboxylic acids is 1. The van der Waals surface area contributed by atoms with E-state index < -0.39 is 33.7 Å². The molecule has 1 aliphatic rings. The number of nitrogens with zero attached hydrogens (tertiary/aromatic N) is 3. The van der Waals surface area contributed by atoms with Crippen LogP contribution >= 0.6 is 23.2 Å². The van der Waals surface area contributed by atoms with Gasteiger partial charge in [-0.15, -0.1) is 0 Å². The second-order valence-electron chi connectivity index (χ2n) is 10.6. The van der Waals surface area contributed by atoms with Gasteiger partial charge >= 0.3 is 16.4 Å². The molecule has 1 aromatic heterocycles. The topological polar surface area (TPSA) is 84.3 Å². The molecule has 6 rings (SSSR count). The van der Waals surface area contributed by atoms with Crippen molar-refractivity contribution < 1.29 is 30.8 Å². The molecule has 0 unspecified atom stereocenters. The molecule has 2 heterocycles. The van der Waals surface area contributed by atoms with Gasteiger partial charge in [0, 0.05) is 28.9 Å². The van der Waals surface area contributed by atoms with Crippen LogP contribution in [-0.2, 0) is 27.7 Å². The fourth-order valence-electron chi connectivity index (χ4n) is 5.03. The van der Waals surface area contributed by atoms with E-state index in [4.69, 9.17) is 28.2 Å². The van der Waals surface area contributed by atoms with Gasteiger partial charge in [0.25, 0.3) is 5.91 Å². The summed E-state index contributed by atoms with van der Waals surface area (Å²) in [5.41, 5.74) is 2.21. The maximum atomic E-state index is 14.4. The van der Waals surface area contributed by atoms with Crippen molar-refractivity contribution in [2.45, 2.75) is 12.7 Å². The van der Waals surface area contributed by atoms with E-state index >= 15 is 0 Å². The van der Waals surface area contributed by atoms with E-state index in [0.717, 1.165) is 22.0 Å². The molecule has 1 aliphatic heterocycles. The number of hydrogen-bond acceptors (Lipinski definition) is 4. The van der Waals surface area contributed by atoms with Crippen molar-refractivity contribution in [1.29, 1.82) is 0 Å². The van der Waals surface area contributed by atoms with Crippen molar-refractivity contribution in [3.8, 4) is 22.4 Å². The lowest BCUT2D eigenvalue weighted by Crippen LogP contribution is -2.29. The Morgan fingerprint density at radius 2 is 1.62 bits per heavy atom. The van der Waals surface area contributed by atoms with Gasteiger partial charge in [-0.05, 0) is 71.3 Å². The minimum Gasteiger partial charge on any atom is -0.326 e. The SMILES string of the molecule is O=C1CN(c2ccc(Cn3cc(-c4ccc(Cl)cc4Cl)nc3C=Cc3ccc(-c4cc(C(F)(F)F)ccc4F)cc3)cc2)S(=O)(=O)N1. The average molecular weight is 702 g/mol. The van der Waals surface area contributed by atoms with E-state index in [1.165, 1.54) is 12.1 Å². The van der Waals surface area contributed by atoms with Gasteiger partial charge in [-0.2, -0.15) is 21.6 Å². The molecule has 4 aromatic carbocycles. The Hall–Kier alpha value is -4.65. The molecule has 1 fully saturated rings. The fraction of sp³-hybridized carbons (Fsp3) is 0.0909. The Bertz CT molecular complexity index is 2130. The van der Waals surface area contributed by atoms with Crippen molar-refractivity contribution in [1.82, 2.24) is 14.3 Å². The van der Waals surface area contributed by atoms with E-state index in [2.05, 4.69) is 0 Å². The summed E-state index contributed by atoms with van der Waals surface area (Å²) in [6.45, 7) is 0.0229. The number of imidazole rings is 1. The first kappa shape index (κ1) is 32.3. The number of halogens is 6. The Balaban J connectivity index is 1.29.